The van der Waals surface area contributed by atoms with Gasteiger partial charge in [0.25, 0.3) is 0 Å². The Hall–Kier alpha value is -5.52. The third kappa shape index (κ3) is 21.5. The molecule has 0 aromatic heterocycles. The van der Waals surface area contributed by atoms with Crippen molar-refractivity contribution in [1.82, 2.24) is 41.3 Å². The monoisotopic (exact) mass is 1190 g/mol. The SMILES string of the molecule is CC[C@H](C)[C@@H]([C@@H](CC(=O)N1CCC[C@H]1[C@H](OC)[C@@H](C)C(=O)N[C@H](C)[C@@H](OP(=O)(O)OCc1ccc(NC(=O)[C@H](CCCNC(N)=O)NC(=O)[C@@H](NC)C(C)C)cc1)c1ccccc1)OC)N(C)C(=O)[C@@H](NC(=O)[C@H](C(C)C)N(C)C)C(C)C. The maximum absolute atomic E-state index is 14.5. The first kappa shape index (κ1) is 71.7. The summed E-state index contributed by atoms with van der Waals surface area (Å²) < 4.78 is 37.2. The molecule has 13 atom stereocenters. The lowest BCUT2D eigenvalue weighted by Crippen LogP contribution is -2.59. The molecule has 9 N–H and O–H groups in total. The molecule has 0 radical (unpaired) electrons. The zero-order chi connectivity index (χ0) is 62.5. The van der Waals surface area contributed by atoms with Gasteiger partial charge in [-0.15, -0.1) is 0 Å². The Morgan fingerprint density at radius 1 is 0.795 bits per heavy atom. The Labute approximate surface area is 492 Å². The number of hydrogen-bond acceptors (Lipinski definition) is 14. The molecule has 0 saturated carbocycles. The van der Waals surface area contributed by atoms with Gasteiger partial charge in [0, 0.05) is 40.0 Å². The molecule has 83 heavy (non-hydrogen) atoms. The molecule has 0 bridgehead atoms. The summed E-state index contributed by atoms with van der Waals surface area (Å²) >= 11 is 0. The average Bonchev–Trinajstić information content (AvgIpc) is 4.18. The predicted molar refractivity (Wildman–Crippen MR) is 319 cm³/mol. The number of rotatable bonds is 35. The van der Waals surface area contributed by atoms with Gasteiger partial charge in [-0.1, -0.05) is 111 Å². The number of urea groups is 1. The lowest BCUT2D eigenvalue weighted by Gasteiger charge is -2.41. The fraction of sp³-hybridized carbons (Fsp3) is 0.678. The lowest BCUT2D eigenvalue weighted by molar-refractivity contribution is -0.148. The van der Waals surface area contributed by atoms with E-state index in [9.17, 15) is 43.0 Å². The number of nitrogens with two attached hydrogens (primary N) is 1. The van der Waals surface area contributed by atoms with Crippen LogP contribution in [-0.4, -0.2) is 171 Å². The first-order chi connectivity index (χ1) is 39.0. The van der Waals surface area contributed by atoms with E-state index in [1.807, 2.05) is 74.4 Å². The van der Waals surface area contributed by atoms with Crippen LogP contribution in [0, 0.1) is 29.6 Å². The first-order valence-electron chi connectivity index (χ1n) is 29.0. The summed E-state index contributed by atoms with van der Waals surface area (Å²) in [7, 11) is 5.19. The van der Waals surface area contributed by atoms with E-state index in [2.05, 4.69) is 31.9 Å². The largest absolute Gasteiger partial charge is 0.473 e. The predicted octanol–water partition coefficient (Wildman–Crippen LogP) is 5.33. The molecule has 1 saturated heterocycles. The van der Waals surface area contributed by atoms with Gasteiger partial charge in [-0.3, -0.25) is 42.7 Å². The van der Waals surface area contributed by atoms with Crippen molar-refractivity contribution in [2.75, 3.05) is 60.8 Å². The van der Waals surface area contributed by atoms with Gasteiger partial charge in [0.15, 0.2) is 0 Å². The van der Waals surface area contributed by atoms with Crippen LogP contribution in [0.25, 0.3) is 0 Å². The molecule has 8 amide bonds. The highest BCUT2D eigenvalue weighted by atomic mass is 31.2. The van der Waals surface area contributed by atoms with Crippen molar-refractivity contribution >= 4 is 55.0 Å². The quantitative estimate of drug-likeness (QED) is 0.0320. The molecule has 1 fully saturated rings. The summed E-state index contributed by atoms with van der Waals surface area (Å²) in [5.74, 6) is -3.28. The second-order valence-corrected chi connectivity index (χ2v) is 24.5. The van der Waals surface area contributed by atoms with Crippen LogP contribution in [0.4, 0.5) is 10.5 Å². The molecule has 1 aliphatic heterocycles. The molecular weight excluding hydrogens is 1090 g/mol. The minimum absolute atomic E-state index is 0.000548. The van der Waals surface area contributed by atoms with Crippen molar-refractivity contribution in [2.45, 2.75) is 175 Å². The topological polar surface area (TPSA) is 302 Å². The number of phosphoric acid groups is 1. The summed E-state index contributed by atoms with van der Waals surface area (Å²) in [6.45, 7) is 19.0. The van der Waals surface area contributed by atoms with Gasteiger partial charge >= 0.3 is 13.9 Å². The summed E-state index contributed by atoms with van der Waals surface area (Å²) in [4.78, 5) is 111. The zero-order valence-electron chi connectivity index (χ0n) is 51.9. The number of hydrogen-bond donors (Lipinski definition) is 8. The molecular formula is C59H99N10O13P. The van der Waals surface area contributed by atoms with Crippen molar-refractivity contribution in [3.63, 3.8) is 0 Å². The molecule has 3 rings (SSSR count). The molecule has 0 aliphatic carbocycles. The van der Waals surface area contributed by atoms with Gasteiger partial charge in [-0.05, 0) is 101 Å². The maximum Gasteiger partial charge on any atom is 0.473 e. The van der Waals surface area contributed by atoms with Crippen molar-refractivity contribution in [3.8, 4) is 0 Å². The smallest absolute Gasteiger partial charge is 0.379 e. The van der Waals surface area contributed by atoms with Crippen molar-refractivity contribution < 1.29 is 61.5 Å². The second-order valence-electron chi connectivity index (χ2n) is 23.1. The summed E-state index contributed by atoms with van der Waals surface area (Å²) in [5, 5.41) is 17.0. The minimum atomic E-state index is -4.85. The highest BCUT2D eigenvalue weighted by Gasteiger charge is 2.44. The van der Waals surface area contributed by atoms with Crippen LogP contribution >= 0.6 is 7.82 Å². The third-order valence-electron chi connectivity index (χ3n) is 15.6. The number of phosphoric ester groups is 1. The molecule has 1 unspecified atom stereocenters. The van der Waals surface area contributed by atoms with Crippen molar-refractivity contribution in [2.24, 2.45) is 35.3 Å². The van der Waals surface area contributed by atoms with E-state index in [1.54, 1.807) is 92.3 Å². The molecule has 23 nitrogen and oxygen atoms in total. The van der Waals surface area contributed by atoms with Gasteiger partial charge in [0.1, 0.15) is 18.2 Å². The van der Waals surface area contributed by atoms with Gasteiger partial charge in [-0.25, -0.2) is 9.36 Å². The lowest BCUT2D eigenvalue weighted by atomic mass is 9.89. The molecule has 1 heterocycles. The number of likely N-dealkylation sites (N-methyl/N-ethyl adjacent to an activating group) is 3. The summed E-state index contributed by atoms with van der Waals surface area (Å²) in [6, 6.07) is 9.54. The Morgan fingerprint density at radius 3 is 1.95 bits per heavy atom. The normalized spacial score (nSPS) is 18.4. The number of amides is 8. The standard InChI is InChI=1S/C59H99N10O13P/c1-17-38(8)51(68(14)58(75)49(36(4)5)66-57(74)50(37(6)7)67(12)13)46(79-15)33-47(70)69-32-22-26-45(69)52(80-16)39(9)54(71)63-40(10)53(42-23-19-18-20-24-42)82-83(77,78)81-34-41-27-29-43(30-28-41)64-55(72)44(25-21-31-62-59(60)76)65-56(73)48(61-11)35(2)3/h18-20,23-24,27-30,35-40,44-46,48-53,61H,17,21-22,25-26,31-34H2,1-16H3,(H,63,71)(H,64,72)(H,65,73)(H,66,74)(H,77,78)(H3,60,62,76)/t38-,39+,40+,44-,45-,46+,48-,49-,50-,51-,52+,53+/m0/s1. The Morgan fingerprint density at radius 2 is 1.42 bits per heavy atom. The van der Waals surface area contributed by atoms with Gasteiger partial charge in [-0.2, -0.15) is 0 Å². The van der Waals surface area contributed by atoms with Crippen LogP contribution < -0.4 is 37.6 Å². The second kappa shape index (κ2) is 34.4. The maximum atomic E-state index is 14.5. The third-order valence-corrected chi connectivity index (χ3v) is 16.6. The Balaban J connectivity index is 1.75. The molecule has 0 spiro atoms. The minimum Gasteiger partial charge on any atom is -0.379 e. The van der Waals surface area contributed by atoms with Crippen molar-refractivity contribution in [3.05, 3.63) is 65.7 Å². The fourth-order valence-electron chi connectivity index (χ4n) is 11.0. The summed E-state index contributed by atoms with van der Waals surface area (Å²) in [6.07, 6.45) is -0.284. The van der Waals surface area contributed by atoms with E-state index in [1.165, 1.54) is 14.2 Å². The molecule has 468 valence electrons. The first-order valence-corrected chi connectivity index (χ1v) is 30.5. The van der Waals surface area contributed by atoms with Gasteiger partial charge < -0.3 is 61.8 Å². The van der Waals surface area contributed by atoms with Gasteiger partial charge in [0.2, 0.25) is 35.4 Å². The zero-order valence-corrected chi connectivity index (χ0v) is 52.8. The van der Waals surface area contributed by atoms with Crippen LogP contribution in [0.1, 0.15) is 125 Å². The van der Waals surface area contributed by atoms with Crippen molar-refractivity contribution in [1.29, 1.82) is 0 Å². The van der Waals surface area contributed by atoms with Crippen LogP contribution in [0.2, 0.25) is 0 Å². The van der Waals surface area contributed by atoms with E-state index in [-0.39, 0.29) is 73.3 Å². The van der Waals surface area contributed by atoms with E-state index in [4.69, 9.17) is 24.3 Å². The number of nitrogens with one attached hydrogen (secondary N) is 6. The van der Waals surface area contributed by atoms with Crippen LogP contribution in [-0.2, 0) is 58.5 Å². The highest BCUT2D eigenvalue weighted by molar-refractivity contribution is 7.47. The number of ether oxygens (including phenoxy) is 2. The molecule has 2 aromatic rings. The molecule has 2 aromatic carbocycles. The Kier molecular flexibility index (Phi) is 29.8. The number of benzene rings is 2. The summed E-state index contributed by atoms with van der Waals surface area (Å²) in [5.41, 5.74) is 6.50. The number of likely N-dealkylation sites (tertiary alicyclic amines) is 1. The molecule has 1 aliphatic rings. The number of primary amides is 1. The van der Waals surface area contributed by atoms with E-state index in [0.717, 1.165) is 0 Å². The van der Waals surface area contributed by atoms with Gasteiger partial charge in [0.05, 0.1) is 61.4 Å². The number of anilines is 1. The number of methoxy groups -OCH3 is 2. The molecule has 24 heteroatoms. The van der Waals surface area contributed by atoms with Crippen LogP contribution in [0.5, 0.6) is 0 Å². The van der Waals surface area contributed by atoms with E-state index in [0.29, 0.717) is 49.0 Å². The number of nitrogens with zero attached hydrogens (tertiary/aromatic N) is 3. The number of carbonyl (C=O) groups is 7. The van der Waals surface area contributed by atoms with Crippen LogP contribution in [0.3, 0.4) is 0 Å². The highest BCUT2D eigenvalue weighted by Crippen LogP contribution is 2.49. The number of carbonyl (C=O) groups excluding carboxylic acids is 7. The Bertz CT molecular complexity index is 2430. The van der Waals surface area contributed by atoms with Crippen LogP contribution in [0.15, 0.2) is 54.6 Å². The van der Waals surface area contributed by atoms with E-state index < -0.39 is 92.2 Å². The average molecular weight is 1190 g/mol. The van der Waals surface area contributed by atoms with E-state index >= 15 is 0 Å². The fourth-order valence-corrected chi connectivity index (χ4v) is 11.9.